The lowest BCUT2D eigenvalue weighted by molar-refractivity contribution is -0.0625. The van der Waals surface area contributed by atoms with E-state index in [-0.39, 0.29) is 16.1 Å². The maximum Gasteiger partial charge on any atom is 0.243 e. The van der Waals surface area contributed by atoms with Crippen LogP contribution in [0.1, 0.15) is 56.9 Å². The molecule has 0 radical (unpaired) electrons. The molecule has 4 rings (SSSR count). The largest absolute Gasteiger partial charge is 0.389 e. The summed E-state index contributed by atoms with van der Waals surface area (Å²) in [6.07, 6.45) is 7.72. The van der Waals surface area contributed by atoms with E-state index in [1.165, 1.54) is 31.0 Å². The van der Waals surface area contributed by atoms with Crippen molar-refractivity contribution in [2.75, 3.05) is 32.7 Å². The molecule has 1 spiro atoms. The van der Waals surface area contributed by atoms with E-state index in [4.69, 9.17) is 0 Å². The molecule has 5 nitrogen and oxygen atoms in total. The topological polar surface area (TPSA) is 60.9 Å². The monoisotopic (exact) mass is 424 g/mol. The number of aliphatic hydroxyl groups is 1. The molecule has 7 heteroatoms. The van der Waals surface area contributed by atoms with Gasteiger partial charge in [0.05, 0.1) is 10.5 Å². The average Bonchev–Trinajstić information content (AvgIpc) is 3.20. The van der Waals surface area contributed by atoms with Crippen molar-refractivity contribution in [3.63, 3.8) is 0 Å². The number of nitrogens with zero attached hydrogens (tertiary/aromatic N) is 2. The molecule has 0 aromatic heterocycles. The Balaban J connectivity index is 1.36. The SMILES string of the molecule is Cc1cc(S(=O)(=O)N2CCC3(CC2)CCC(O)(CN2CCCC2)CC3)ccc1F. The first-order valence-corrected chi connectivity index (χ1v) is 12.4. The number of hydrogen-bond donors (Lipinski definition) is 1. The van der Waals surface area contributed by atoms with Crippen molar-refractivity contribution in [2.24, 2.45) is 5.41 Å². The first-order valence-electron chi connectivity index (χ1n) is 10.9. The number of β-amino-alcohol motifs (C(OH)–C–C–N with tert-alkyl or cyclic N) is 1. The summed E-state index contributed by atoms with van der Waals surface area (Å²) in [4.78, 5) is 2.56. The third-order valence-electron chi connectivity index (χ3n) is 7.51. The summed E-state index contributed by atoms with van der Waals surface area (Å²) < 4.78 is 41.0. The van der Waals surface area contributed by atoms with Gasteiger partial charge in [-0.15, -0.1) is 0 Å². The van der Waals surface area contributed by atoms with E-state index < -0.39 is 15.6 Å². The van der Waals surface area contributed by atoms with Gasteiger partial charge in [0.2, 0.25) is 10.0 Å². The zero-order valence-corrected chi connectivity index (χ0v) is 18.2. The molecule has 0 unspecified atom stereocenters. The molecule has 1 N–H and O–H groups in total. The Morgan fingerprint density at radius 1 is 1.00 bits per heavy atom. The molecule has 0 bridgehead atoms. The van der Waals surface area contributed by atoms with Crippen molar-refractivity contribution in [1.29, 1.82) is 0 Å². The van der Waals surface area contributed by atoms with Crippen LogP contribution in [0.4, 0.5) is 4.39 Å². The highest BCUT2D eigenvalue weighted by molar-refractivity contribution is 7.89. The molecule has 2 heterocycles. The van der Waals surface area contributed by atoms with Crippen molar-refractivity contribution in [3.8, 4) is 0 Å². The zero-order chi connectivity index (χ0) is 20.7. The van der Waals surface area contributed by atoms with Gasteiger partial charge in [-0.2, -0.15) is 4.31 Å². The number of hydrogen-bond acceptors (Lipinski definition) is 4. The van der Waals surface area contributed by atoms with Gasteiger partial charge in [-0.05, 0) is 101 Å². The first kappa shape index (κ1) is 21.2. The van der Waals surface area contributed by atoms with Crippen LogP contribution in [0.2, 0.25) is 0 Å². The average molecular weight is 425 g/mol. The maximum absolute atomic E-state index is 13.5. The van der Waals surface area contributed by atoms with Crippen LogP contribution < -0.4 is 0 Å². The molecule has 1 aliphatic carbocycles. The summed E-state index contributed by atoms with van der Waals surface area (Å²) in [6, 6.07) is 4.02. The number of piperidine rings is 1. The normalized spacial score (nSPS) is 25.5. The second kappa shape index (κ2) is 7.91. The predicted octanol–water partition coefficient (Wildman–Crippen LogP) is 3.31. The van der Waals surface area contributed by atoms with Gasteiger partial charge in [0.15, 0.2) is 0 Å². The molecule has 0 atom stereocenters. The lowest BCUT2D eigenvalue weighted by atomic mass is 9.64. The first-order chi connectivity index (χ1) is 13.7. The molecule has 29 heavy (non-hydrogen) atoms. The van der Waals surface area contributed by atoms with Crippen LogP contribution in [0, 0.1) is 18.2 Å². The zero-order valence-electron chi connectivity index (χ0n) is 17.4. The minimum absolute atomic E-state index is 0.155. The fraction of sp³-hybridized carbons (Fsp3) is 0.727. The minimum Gasteiger partial charge on any atom is -0.389 e. The van der Waals surface area contributed by atoms with Crippen LogP contribution in [0.5, 0.6) is 0 Å². The molecular weight excluding hydrogens is 391 g/mol. The summed E-state index contributed by atoms with van der Waals surface area (Å²) in [5.74, 6) is -0.384. The van der Waals surface area contributed by atoms with Gasteiger partial charge in [0.25, 0.3) is 0 Å². The molecule has 1 aromatic rings. The third kappa shape index (κ3) is 4.38. The predicted molar refractivity (Wildman–Crippen MR) is 111 cm³/mol. The van der Waals surface area contributed by atoms with Crippen LogP contribution in [-0.4, -0.2) is 61.1 Å². The van der Waals surface area contributed by atoms with Crippen molar-refractivity contribution in [1.82, 2.24) is 9.21 Å². The van der Waals surface area contributed by atoms with E-state index in [1.54, 1.807) is 11.2 Å². The van der Waals surface area contributed by atoms with Crippen LogP contribution in [0.25, 0.3) is 0 Å². The number of benzene rings is 1. The molecular formula is C22H33FN2O3S. The maximum atomic E-state index is 13.5. The van der Waals surface area contributed by atoms with Gasteiger partial charge in [-0.3, -0.25) is 0 Å². The Hall–Kier alpha value is -1.02. The number of halogens is 1. The minimum atomic E-state index is -3.58. The Kier molecular flexibility index (Phi) is 5.79. The molecule has 3 fully saturated rings. The molecule has 1 aromatic carbocycles. The van der Waals surface area contributed by atoms with E-state index in [9.17, 15) is 17.9 Å². The Bertz CT molecular complexity index is 834. The summed E-state index contributed by atoms with van der Waals surface area (Å²) >= 11 is 0. The second-order valence-electron chi connectivity index (χ2n) is 9.52. The van der Waals surface area contributed by atoms with Gasteiger partial charge in [0, 0.05) is 19.6 Å². The van der Waals surface area contributed by atoms with Gasteiger partial charge in [0.1, 0.15) is 5.82 Å². The third-order valence-corrected chi connectivity index (χ3v) is 9.40. The Labute approximate surface area is 173 Å². The quantitative estimate of drug-likeness (QED) is 0.806. The number of rotatable bonds is 4. The van der Waals surface area contributed by atoms with Gasteiger partial charge in [-0.25, -0.2) is 12.8 Å². The number of aryl methyl sites for hydroxylation is 1. The highest BCUT2D eigenvalue weighted by Crippen LogP contribution is 2.48. The smallest absolute Gasteiger partial charge is 0.243 e. The summed E-state index contributed by atoms with van der Waals surface area (Å²) in [5, 5.41) is 11.0. The molecule has 2 aliphatic heterocycles. The molecule has 162 valence electrons. The van der Waals surface area contributed by atoms with E-state index in [0.29, 0.717) is 18.7 Å². The summed E-state index contributed by atoms with van der Waals surface area (Å²) in [5.41, 5.74) is -0.0732. The van der Waals surface area contributed by atoms with E-state index in [2.05, 4.69) is 4.90 Å². The lowest BCUT2D eigenvalue weighted by Crippen LogP contribution is -2.50. The van der Waals surface area contributed by atoms with Crippen LogP contribution in [0.3, 0.4) is 0 Å². The van der Waals surface area contributed by atoms with Gasteiger partial charge in [-0.1, -0.05) is 0 Å². The van der Waals surface area contributed by atoms with Crippen molar-refractivity contribution in [3.05, 3.63) is 29.6 Å². The summed E-state index contributed by atoms with van der Waals surface area (Å²) in [7, 11) is -3.58. The molecule has 1 saturated carbocycles. The van der Waals surface area contributed by atoms with Crippen LogP contribution >= 0.6 is 0 Å². The van der Waals surface area contributed by atoms with Crippen LogP contribution in [0.15, 0.2) is 23.1 Å². The van der Waals surface area contributed by atoms with Gasteiger partial charge >= 0.3 is 0 Å². The Morgan fingerprint density at radius 2 is 1.62 bits per heavy atom. The number of sulfonamides is 1. The summed E-state index contributed by atoms with van der Waals surface area (Å²) in [6.45, 7) is 5.58. The standard InChI is InChI=1S/C22H33FN2O3S/c1-18-16-19(4-5-20(18)23)29(27,28)25-14-10-21(11-15-25)6-8-22(26,9-7-21)17-24-12-2-3-13-24/h4-5,16,26H,2-3,6-15,17H2,1H3. The molecule has 3 aliphatic rings. The van der Waals surface area contributed by atoms with Crippen molar-refractivity contribution >= 4 is 10.0 Å². The highest BCUT2D eigenvalue weighted by atomic mass is 32.2. The van der Waals surface area contributed by atoms with Crippen molar-refractivity contribution < 1.29 is 17.9 Å². The van der Waals surface area contributed by atoms with E-state index in [0.717, 1.165) is 58.2 Å². The van der Waals surface area contributed by atoms with E-state index in [1.807, 2.05) is 0 Å². The van der Waals surface area contributed by atoms with Crippen LogP contribution in [-0.2, 0) is 10.0 Å². The highest BCUT2D eigenvalue weighted by Gasteiger charge is 2.45. The lowest BCUT2D eigenvalue weighted by Gasteiger charge is -2.48. The van der Waals surface area contributed by atoms with E-state index >= 15 is 0 Å². The van der Waals surface area contributed by atoms with Crippen molar-refractivity contribution in [2.45, 2.75) is 68.8 Å². The number of likely N-dealkylation sites (tertiary alicyclic amines) is 1. The fourth-order valence-corrected chi connectivity index (χ4v) is 6.92. The second-order valence-corrected chi connectivity index (χ2v) is 11.5. The molecule has 2 saturated heterocycles. The molecule has 0 amide bonds. The fourth-order valence-electron chi connectivity index (χ4n) is 5.39. The Morgan fingerprint density at radius 3 is 2.21 bits per heavy atom. The van der Waals surface area contributed by atoms with Gasteiger partial charge < -0.3 is 10.0 Å².